The molecule has 5 heteroatoms. The first-order valence-electron chi connectivity index (χ1n) is 5.72. The third-order valence-corrected chi connectivity index (χ3v) is 3.14. The molecule has 0 aliphatic heterocycles. The summed E-state index contributed by atoms with van der Waals surface area (Å²) in [7, 11) is 0. The smallest absolute Gasteiger partial charge is 0.166 e. The van der Waals surface area contributed by atoms with Gasteiger partial charge in [0.05, 0.1) is 0 Å². The van der Waals surface area contributed by atoms with Crippen LogP contribution in [0.5, 0.6) is 5.75 Å². The zero-order chi connectivity index (χ0) is 13.7. The highest BCUT2D eigenvalue weighted by Gasteiger charge is 2.03. The van der Waals surface area contributed by atoms with Gasteiger partial charge in [0.2, 0.25) is 0 Å². The van der Waals surface area contributed by atoms with Gasteiger partial charge >= 0.3 is 0 Å². The number of anilines is 1. The predicted octanol–water partition coefficient (Wildman–Crippen LogP) is 4.73. The summed E-state index contributed by atoms with van der Waals surface area (Å²) in [5.41, 5.74) is 0.910. The van der Waals surface area contributed by atoms with Crippen LogP contribution in [0.2, 0.25) is 5.02 Å². The molecule has 2 nitrogen and oxygen atoms in total. The van der Waals surface area contributed by atoms with Crippen molar-refractivity contribution in [3.05, 3.63) is 57.8 Å². The molecule has 0 unspecified atom stereocenters. The van der Waals surface area contributed by atoms with Crippen molar-refractivity contribution in [2.24, 2.45) is 0 Å². The third kappa shape index (κ3) is 4.40. The van der Waals surface area contributed by atoms with E-state index in [1.807, 2.05) is 18.2 Å². The average Bonchev–Trinajstić information content (AvgIpc) is 2.37. The van der Waals surface area contributed by atoms with Gasteiger partial charge in [-0.1, -0.05) is 33.6 Å². The second kappa shape index (κ2) is 6.78. The predicted molar refractivity (Wildman–Crippen MR) is 79.5 cm³/mol. The topological polar surface area (TPSA) is 21.3 Å². The molecule has 2 aromatic rings. The molecule has 0 aromatic heterocycles. The molecule has 2 rings (SSSR count). The van der Waals surface area contributed by atoms with Crippen LogP contribution >= 0.6 is 27.5 Å². The van der Waals surface area contributed by atoms with Gasteiger partial charge in [0.15, 0.2) is 11.6 Å². The van der Waals surface area contributed by atoms with Crippen LogP contribution in [0.15, 0.2) is 46.9 Å². The van der Waals surface area contributed by atoms with Crippen molar-refractivity contribution < 1.29 is 9.13 Å². The fourth-order valence-corrected chi connectivity index (χ4v) is 2.07. The fourth-order valence-electron chi connectivity index (χ4n) is 1.55. The lowest BCUT2D eigenvalue weighted by Crippen LogP contribution is -2.11. The largest absolute Gasteiger partial charge is 0.489 e. The van der Waals surface area contributed by atoms with Crippen LogP contribution in [-0.4, -0.2) is 13.2 Å². The van der Waals surface area contributed by atoms with Crippen LogP contribution < -0.4 is 10.1 Å². The maximum atomic E-state index is 13.5. The Kier molecular flexibility index (Phi) is 5.05. The van der Waals surface area contributed by atoms with Crippen LogP contribution in [0.4, 0.5) is 10.1 Å². The van der Waals surface area contributed by atoms with E-state index in [1.165, 1.54) is 6.07 Å². The number of rotatable bonds is 5. The van der Waals surface area contributed by atoms with Crippen LogP contribution in [0, 0.1) is 5.82 Å². The molecule has 0 amide bonds. The summed E-state index contributed by atoms with van der Waals surface area (Å²) in [5, 5.41) is 3.82. The standard InChI is InChI=1S/C14H12BrClFNO/c15-10-4-5-14(13(17)8-10)19-7-6-18-12-3-1-2-11(16)9-12/h1-5,8-9,18H,6-7H2. The maximum absolute atomic E-state index is 13.5. The van der Waals surface area contributed by atoms with E-state index in [0.29, 0.717) is 22.6 Å². The molecule has 0 saturated carbocycles. The van der Waals surface area contributed by atoms with Gasteiger partial charge in [-0.2, -0.15) is 0 Å². The van der Waals surface area contributed by atoms with Crippen LogP contribution in [-0.2, 0) is 0 Å². The molecule has 0 spiro atoms. The summed E-state index contributed by atoms with van der Waals surface area (Å²) in [6.45, 7) is 0.931. The lowest BCUT2D eigenvalue weighted by Gasteiger charge is -2.09. The molecular weight excluding hydrogens is 333 g/mol. The molecule has 1 N–H and O–H groups in total. The van der Waals surface area contributed by atoms with Gasteiger partial charge in [0.1, 0.15) is 6.61 Å². The van der Waals surface area contributed by atoms with Crippen molar-refractivity contribution >= 4 is 33.2 Å². The van der Waals surface area contributed by atoms with Crippen molar-refractivity contribution in [1.82, 2.24) is 0 Å². The Balaban J connectivity index is 1.81. The lowest BCUT2D eigenvalue weighted by molar-refractivity contribution is 0.315. The van der Waals surface area contributed by atoms with Crippen molar-refractivity contribution in [2.75, 3.05) is 18.5 Å². The summed E-state index contributed by atoms with van der Waals surface area (Å²) >= 11 is 9.06. The molecule has 0 aliphatic carbocycles. The van der Waals surface area contributed by atoms with Gasteiger partial charge < -0.3 is 10.1 Å². The number of hydrogen-bond donors (Lipinski definition) is 1. The second-order valence-corrected chi connectivity index (χ2v) is 5.21. The molecule has 0 heterocycles. The number of hydrogen-bond acceptors (Lipinski definition) is 2. The summed E-state index contributed by atoms with van der Waals surface area (Å²) in [6, 6.07) is 12.1. The monoisotopic (exact) mass is 343 g/mol. The van der Waals surface area contributed by atoms with Gasteiger partial charge in [-0.25, -0.2) is 4.39 Å². The van der Waals surface area contributed by atoms with Crippen LogP contribution in [0.3, 0.4) is 0 Å². The highest BCUT2D eigenvalue weighted by molar-refractivity contribution is 9.10. The molecule has 2 aromatic carbocycles. The first-order valence-corrected chi connectivity index (χ1v) is 6.89. The van der Waals surface area contributed by atoms with Gasteiger partial charge in [-0.05, 0) is 36.4 Å². The fraction of sp³-hybridized carbons (Fsp3) is 0.143. The van der Waals surface area contributed by atoms with E-state index < -0.39 is 0 Å². The summed E-state index contributed by atoms with van der Waals surface area (Å²) in [4.78, 5) is 0. The molecule has 0 radical (unpaired) electrons. The summed E-state index contributed by atoms with van der Waals surface area (Å²) in [6.07, 6.45) is 0. The lowest BCUT2D eigenvalue weighted by atomic mass is 10.3. The first kappa shape index (κ1) is 14.2. The molecule has 19 heavy (non-hydrogen) atoms. The highest BCUT2D eigenvalue weighted by atomic mass is 79.9. The molecule has 0 bridgehead atoms. The molecular formula is C14H12BrClFNO. The quantitative estimate of drug-likeness (QED) is 0.792. The minimum atomic E-state index is -0.378. The zero-order valence-electron chi connectivity index (χ0n) is 10.00. The Morgan fingerprint density at radius 3 is 2.79 bits per heavy atom. The van der Waals surface area contributed by atoms with E-state index in [4.69, 9.17) is 16.3 Å². The SMILES string of the molecule is Fc1cc(Br)ccc1OCCNc1cccc(Cl)c1. The van der Waals surface area contributed by atoms with Crippen LogP contribution in [0.25, 0.3) is 0 Å². The number of benzene rings is 2. The summed E-state index contributed by atoms with van der Waals surface area (Å²) in [5.74, 6) is -0.131. The Morgan fingerprint density at radius 2 is 2.05 bits per heavy atom. The molecule has 100 valence electrons. The Morgan fingerprint density at radius 1 is 1.21 bits per heavy atom. The number of halogens is 3. The minimum absolute atomic E-state index is 0.246. The second-order valence-electron chi connectivity index (χ2n) is 3.86. The van der Waals surface area contributed by atoms with E-state index >= 15 is 0 Å². The molecule has 0 fully saturated rings. The number of ether oxygens (including phenoxy) is 1. The third-order valence-electron chi connectivity index (χ3n) is 2.41. The van der Waals surface area contributed by atoms with E-state index in [0.717, 1.165) is 5.69 Å². The molecule has 0 aliphatic rings. The molecule has 0 saturated heterocycles. The van der Waals surface area contributed by atoms with Crippen molar-refractivity contribution in [1.29, 1.82) is 0 Å². The minimum Gasteiger partial charge on any atom is -0.489 e. The number of nitrogens with one attached hydrogen (secondary N) is 1. The molecule has 0 atom stereocenters. The van der Waals surface area contributed by atoms with Gasteiger partial charge in [-0.15, -0.1) is 0 Å². The zero-order valence-corrected chi connectivity index (χ0v) is 12.3. The summed E-state index contributed by atoms with van der Waals surface area (Å²) < 4.78 is 19.5. The van der Waals surface area contributed by atoms with E-state index in [1.54, 1.807) is 18.2 Å². The Hall–Kier alpha value is -1.26. The van der Waals surface area contributed by atoms with E-state index in [9.17, 15) is 4.39 Å². The Bertz CT molecular complexity index is 565. The van der Waals surface area contributed by atoms with Gasteiger partial charge in [0, 0.05) is 21.7 Å². The Labute approximate surface area is 124 Å². The van der Waals surface area contributed by atoms with E-state index in [-0.39, 0.29) is 11.6 Å². The van der Waals surface area contributed by atoms with Crippen molar-refractivity contribution in [2.45, 2.75) is 0 Å². The average molecular weight is 345 g/mol. The van der Waals surface area contributed by atoms with Crippen LogP contribution in [0.1, 0.15) is 0 Å². The highest BCUT2D eigenvalue weighted by Crippen LogP contribution is 2.21. The van der Waals surface area contributed by atoms with Crippen molar-refractivity contribution in [3.8, 4) is 5.75 Å². The maximum Gasteiger partial charge on any atom is 0.166 e. The van der Waals surface area contributed by atoms with E-state index in [2.05, 4.69) is 21.2 Å². The first-order chi connectivity index (χ1) is 9.15. The van der Waals surface area contributed by atoms with Gasteiger partial charge in [0.25, 0.3) is 0 Å². The normalized spacial score (nSPS) is 10.3. The van der Waals surface area contributed by atoms with Crippen molar-refractivity contribution in [3.63, 3.8) is 0 Å². The van der Waals surface area contributed by atoms with Gasteiger partial charge in [-0.3, -0.25) is 0 Å².